The number of hydrogen-bond donors (Lipinski definition) is 5. The number of nitrogens with one attached hydrogen (secondary N) is 4. The Bertz CT molecular complexity index is 6710. The summed E-state index contributed by atoms with van der Waals surface area (Å²) in [6.45, 7) is 19.5. The first-order chi connectivity index (χ1) is 70.3. The molecule has 0 spiro atoms. The largest absolute Gasteiger partial charge is 0.493 e. The lowest BCUT2D eigenvalue weighted by atomic mass is 9.92. The van der Waals surface area contributed by atoms with E-state index in [1.165, 1.54) is 75.4 Å². The summed E-state index contributed by atoms with van der Waals surface area (Å²) in [4.78, 5) is 85.1. The third kappa shape index (κ3) is 24.9. The van der Waals surface area contributed by atoms with Crippen LogP contribution in [0.15, 0.2) is 194 Å². The molecule has 4 fully saturated rings. The molecule has 4 amide bonds. The van der Waals surface area contributed by atoms with Crippen molar-refractivity contribution in [1.29, 1.82) is 0 Å². The first-order valence-electron chi connectivity index (χ1n) is 50.5. The standard InChI is InChI=1S/C32H34Cl2N4O4.C28H34ClN3O3.C28H30ClN3O3.C26H30ClN3O3/c1-36-14-16-37(17-15-36)19-24(39)20-41-25-7-2-21(3-8-25)31-30-27(28-18-23(34)6-11-29(28)35-30)12-13-38(31)32(40)42-26-9-4-22(33)5-10-26;1-18(2)35-28(33)32-14-12-23-24-15-21(29)8-11-25(24)30-26(23)27(32)20-6-9-22(10-7-20)34-17-19-5-4-13-31(3)16-19;1-3-15-34-28(33)32-14-12-23-24-16-21(29)8-11-25(24)30-26(23)27(32)20-6-9-22(10-7-20)35-18-19-5-4-13-31(2)17-19;1-29-12-3-4-17(15-29)16-33-20-8-5-18(6-9-20)25-24-21(11-13-30(25)26(31)32-2)22-14-19(27)7-10-23(22)28-24/h2-11,18,24,31,35,39H,12-17,19-20H2,1H3;6-11,15,18-19,27,30H,4-5,12-14,16-17H2,1-3H3;1,6-11,16,19,27,30H,4-5,12-15,17-18H2,2H3;5-10,14,17,25,28H,3-4,11-13,15-16H2,1-2H3. The van der Waals surface area contributed by atoms with E-state index in [1.54, 1.807) is 39.0 Å². The third-order valence-corrected chi connectivity index (χ3v) is 30.2. The Labute approximate surface area is 872 Å². The molecule has 9 aromatic carbocycles. The molecule has 145 heavy (non-hydrogen) atoms. The van der Waals surface area contributed by atoms with Gasteiger partial charge in [-0.3, -0.25) is 24.5 Å². The number of H-pyrrole nitrogens is 4. The Kier molecular flexibility index (Phi) is 33.7. The molecular formula is C114H128Cl5N13O13. The number of aliphatic hydroxyl groups is 1. The Morgan fingerprint density at radius 3 is 1.03 bits per heavy atom. The Morgan fingerprint density at radius 2 is 0.703 bits per heavy atom. The molecule has 12 heterocycles. The lowest BCUT2D eigenvalue weighted by Crippen LogP contribution is -2.47. The van der Waals surface area contributed by atoms with E-state index in [1.807, 2.05) is 164 Å². The van der Waals surface area contributed by atoms with Crippen molar-refractivity contribution >= 4 is 126 Å². The predicted molar refractivity (Wildman–Crippen MR) is 572 cm³/mol. The number of likely N-dealkylation sites (N-methyl/N-ethyl adjacent to an activating group) is 1. The van der Waals surface area contributed by atoms with E-state index >= 15 is 0 Å². The fourth-order valence-electron chi connectivity index (χ4n) is 21.9. The van der Waals surface area contributed by atoms with E-state index in [4.69, 9.17) is 102 Å². The molecule has 4 saturated heterocycles. The number of carbonyl (C=O) groups is 4. The first kappa shape index (κ1) is 103. The molecule has 0 bridgehead atoms. The van der Waals surface area contributed by atoms with Crippen LogP contribution in [0.4, 0.5) is 19.2 Å². The second kappa shape index (κ2) is 47.4. The zero-order chi connectivity index (χ0) is 101. The van der Waals surface area contributed by atoms with Gasteiger partial charge >= 0.3 is 24.4 Å². The molecule has 26 nitrogen and oxygen atoms in total. The Morgan fingerprint density at radius 1 is 0.386 bits per heavy atom. The minimum absolute atomic E-state index is 0.0552. The van der Waals surface area contributed by atoms with Crippen LogP contribution >= 0.6 is 58.0 Å². The molecule has 0 aliphatic carbocycles. The van der Waals surface area contributed by atoms with E-state index in [9.17, 15) is 24.3 Å². The van der Waals surface area contributed by atoms with Crippen LogP contribution in [0.1, 0.15) is 144 Å². The number of β-amino-alcohol motifs (C(OH)–C–C–N with tert-alkyl or cyclic N) is 1. The van der Waals surface area contributed by atoms with Crippen molar-refractivity contribution in [3.05, 3.63) is 287 Å². The highest BCUT2D eigenvalue weighted by Gasteiger charge is 2.42. The third-order valence-electron chi connectivity index (χ3n) is 29.0. The van der Waals surface area contributed by atoms with Gasteiger partial charge in [0.1, 0.15) is 65.6 Å². The average molecular weight is 2070 g/mol. The van der Waals surface area contributed by atoms with Crippen molar-refractivity contribution in [2.24, 2.45) is 17.8 Å². The molecule has 8 unspecified atom stereocenters. The fraction of sp³-hybridized carbons (Fsp3) is 0.404. The van der Waals surface area contributed by atoms with E-state index in [0.717, 1.165) is 190 Å². The van der Waals surface area contributed by atoms with Crippen LogP contribution in [-0.4, -0.2) is 272 Å². The normalized spacial score (nSPS) is 20.1. The van der Waals surface area contributed by atoms with E-state index < -0.39 is 24.3 Å². The second-order valence-electron chi connectivity index (χ2n) is 39.8. The zero-order valence-corrected chi connectivity index (χ0v) is 87.0. The topological polar surface area (TPSA) is 255 Å². The molecule has 13 aromatic rings. The van der Waals surface area contributed by atoms with Gasteiger partial charge in [0.15, 0.2) is 6.61 Å². The summed E-state index contributed by atoms with van der Waals surface area (Å²) >= 11 is 31.2. The highest BCUT2D eigenvalue weighted by Crippen LogP contribution is 2.47. The van der Waals surface area contributed by atoms with E-state index in [-0.39, 0.29) is 49.6 Å². The Hall–Kier alpha value is -11.8. The summed E-state index contributed by atoms with van der Waals surface area (Å²) in [7, 11) is 10.1. The molecule has 8 aliphatic rings. The number of terminal acetylenes is 1. The van der Waals surface area contributed by atoms with Gasteiger partial charge in [0, 0.05) is 188 Å². The maximum Gasteiger partial charge on any atom is 0.416 e. The maximum absolute atomic E-state index is 13.5. The van der Waals surface area contributed by atoms with Crippen molar-refractivity contribution in [2.45, 2.75) is 114 Å². The van der Waals surface area contributed by atoms with Gasteiger partial charge in [-0.05, 0) is 316 Å². The van der Waals surface area contributed by atoms with Crippen molar-refractivity contribution in [3.8, 4) is 41.1 Å². The molecule has 0 radical (unpaired) electrons. The number of piperidine rings is 3. The van der Waals surface area contributed by atoms with E-state index in [0.29, 0.717) is 107 Å². The quantitative estimate of drug-likeness (QED) is 0.0331. The summed E-state index contributed by atoms with van der Waals surface area (Å²) in [6.07, 6.45) is 13.2. The number of nitrogens with zero attached hydrogens (tertiary/aromatic N) is 9. The summed E-state index contributed by atoms with van der Waals surface area (Å²) in [5.74, 6) is 7.70. The number of benzene rings is 9. The number of hydrogen-bond acceptors (Lipinski definition) is 18. The van der Waals surface area contributed by atoms with Gasteiger partial charge in [-0.2, -0.15) is 0 Å². The van der Waals surface area contributed by atoms with Gasteiger partial charge in [-0.25, -0.2) is 19.2 Å². The number of carbonyl (C=O) groups excluding carboxylic acids is 4. The minimum Gasteiger partial charge on any atom is -0.493 e. The number of amides is 4. The summed E-state index contributed by atoms with van der Waals surface area (Å²) in [5.41, 5.74) is 16.6. The number of piperazine rings is 1. The van der Waals surface area contributed by atoms with Crippen LogP contribution in [-0.2, 0) is 39.9 Å². The van der Waals surface area contributed by atoms with Gasteiger partial charge in [-0.15, -0.1) is 6.42 Å². The van der Waals surface area contributed by atoms with Crippen molar-refractivity contribution in [1.82, 2.24) is 64.0 Å². The monoisotopic (exact) mass is 2060 g/mol. The van der Waals surface area contributed by atoms with Gasteiger partial charge in [0.05, 0.1) is 33.0 Å². The lowest BCUT2D eigenvalue weighted by molar-refractivity contribution is 0.0504. The van der Waals surface area contributed by atoms with Gasteiger partial charge < -0.3 is 82.5 Å². The number of fused-ring (bicyclic) bond motifs is 12. The lowest BCUT2D eigenvalue weighted by Gasteiger charge is -2.36. The number of aromatic nitrogens is 4. The second-order valence-corrected chi connectivity index (χ2v) is 42.0. The number of rotatable bonds is 21. The number of methoxy groups -OCH3 is 1. The molecule has 8 atom stereocenters. The van der Waals surface area contributed by atoms with Crippen LogP contribution in [0.3, 0.4) is 0 Å². The van der Waals surface area contributed by atoms with E-state index in [2.05, 4.69) is 103 Å². The average Bonchev–Trinajstić information content (AvgIpc) is 1.64. The predicted octanol–water partition coefficient (Wildman–Crippen LogP) is 22.2. The van der Waals surface area contributed by atoms with Crippen molar-refractivity contribution < 1.29 is 62.2 Å². The molecule has 0 saturated carbocycles. The summed E-state index contributed by atoms with van der Waals surface area (Å²) in [5, 5.41) is 18.3. The molecule has 5 N–H and O–H groups in total. The SMILES string of the molecule is C#CCOC(=O)N1CCc2c([nH]c3ccc(Cl)cc23)C1c1ccc(OCC2CCCN(C)C2)cc1.CC(C)OC(=O)N1CCc2c([nH]c3ccc(Cl)cc23)C1c1ccc(OCC2CCCN(C)C2)cc1.CN1CCN(CC(O)COc2ccc(C3c4[nH]c5ccc(Cl)cc5c4CCN3C(=O)Oc3ccc(Cl)cc3)cc2)CC1.COC(=O)N1CCc2c([nH]c3ccc(Cl)cc23)C1c1ccc(OCC2CCCN(C)C2)cc1. The fourth-order valence-corrected chi connectivity index (χ4v) is 22.7. The molecule has 21 rings (SSSR count). The number of likely N-dealkylation sites (tertiary alicyclic amines) is 3. The smallest absolute Gasteiger partial charge is 0.416 e. The van der Waals surface area contributed by atoms with Gasteiger partial charge in [0.25, 0.3) is 0 Å². The summed E-state index contributed by atoms with van der Waals surface area (Å²) in [6, 6.07) is 60.9. The first-order valence-corrected chi connectivity index (χ1v) is 52.4. The van der Waals surface area contributed by atoms with Crippen LogP contribution in [0.5, 0.6) is 28.7 Å². The molecule has 762 valence electrons. The Balaban J connectivity index is 0.000000128. The van der Waals surface area contributed by atoms with Crippen LogP contribution in [0.2, 0.25) is 25.1 Å². The molecule has 31 heteroatoms. The number of ether oxygens (including phenoxy) is 8. The maximum atomic E-state index is 13.5. The highest BCUT2D eigenvalue weighted by molar-refractivity contribution is 6.32. The number of aromatic amines is 4. The number of halogens is 5. The van der Waals surface area contributed by atoms with Gasteiger partial charge in [0.2, 0.25) is 0 Å². The minimum atomic E-state index is -0.578. The van der Waals surface area contributed by atoms with Crippen LogP contribution in [0, 0.1) is 30.1 Å². The molecule has 4 aromatic heterocycles. The molecule has 8 aliphatic heterocycles. The summed E-state index contributed by atoms with van der Waals surface area (Å²) < 4.78 is 46.1. The highest BCUT2D eigenvalue weighted by atomic mass is 35.5. The number of aliphatic hydroxyl groups excluding tert-OH is 1. The van der Waals surface area contributed by atoms with Crippen LogP contribution in [0.25, 0.3) is 43.6 Å². The van der Waals surface area contributed by atoms with Crippen molar-refractivity contribution in [2.75, 3.05) is 167 Å². The van der Waals surface area contributed by atoms with Gasteiger partial charge in [-0.1, -0.05) is 112 Å². The zero-order valence-electron chi connectivity index (χ0n) is 83.2. The van der Waals surface area contributed by atoms with Crippen LogP contribution < -0.4 is 23.7 Å². The van der Waals surface area contributed by atoms with Crippen molar-refractivity contribution in [3.63, 3.8) is 0 Å². The molecular weight excluding hydrogens is 1940 g/mol.